The summed E-state index contributed by atoms with van der Waals surface area (Å²) in [6.45, 7) is 3.90. The van der Waals surface area contributed by atoms with E-state index in [0.717, 1.165) is 12.8 Å². The standard InChI is InChI=1S/C13H20N2O4S/c1-3-10(4-2)15-13(16)9-19-11-5-7-12(8-6-11)20(14,17)18/h5-8,10H,3-4,9H2,1-2H3,(H,15,16)(H2,14,17,18). The summed E-state index contributed by atoms with van der Waals surface area (Å²) in [5.74, 6) is 0.214. The lowest BCUT2D eigenvalue weighted by Crippen LogP contribution is -2.37. The molecular weight excluding hydrogens is 280 g/mol. The number of rotatable bonds is 7. The number of benzene rings is 1. The molecule has 0 bridgehead atoms. The van der Waals surface area contributed by atoms with Gasteiger partial charge in [0.2, 0.25) is 10.0 Å². The van der Waals surface area contributed by atoms with E-state index in [0.29, 0.717) is 5.75 Å². The van der Waals surface area contributed by atoms with Crippen LogP contribution in [0.5, 0.6) is 5.75 Å². The van der Waals surface area contributed by atoms with Gasteiger partial charge in [0.25, 0.3) is 5.91 Å². The minimum absolute atomic E-state index is 0.00586. The van der Waals surface area contributed by atoms with Gasteiger partial charge in [-0.15, -0.1) is 0 Å². The van der Waals surface area contributed by atoms with Gasteiger partial charge in [-0.3, -0.25) is 4.79 Å². The third-order valence-electron chi connectivity index (χ3n) is 2.87. The highest BCUT2D eigenvalue weighted by atomic mass is 32.2. The van der Waals surface area contributed by atoms with Crippen molar-refractivity contribution >= 4 is 15.9 Å². The Hall–Kier alpha value is -1.60. The second kappa shape index (κ2) is 7.25. The van der Waals surface area contributed by atoms with E-state index in [1.54, 1.807) is 0 Å². The quantitative estimate of drug-likeness (QED) is 0.785. The van der Waals surface area contributed by atoms with Crippen molar-refractivity contribution in [3.63, 3.8) is 0 Å². The maximum absolute atomic E-state index is 11.6. The molecule has 0 atom stereocenters. The van der Waals surface area contributed by atoms with Crippen LogP contribution in [-0.2, 0) is 14.8 Å². The Kier molecular flexibility index (Phi) is 5.97. The highest BCUT2D eigenvalue weighted by Gasteiger charge is 2.10. The number of nitrogens with one attached hydrogen (secondary N) is 1. The van der Waals surface area contributed by atoms with Crippen molar-refractivity contribution in [3.05, 3.63) is 24.3 Å². The van der Waals surface area contributed by atoms with Gasteiger partial charge < -0.3 is 10.1 Å². The fourth-order valence-corrected chi connectivity index (χ4v) is 2.15. The van der Waals surface area contributed by atoms with E-state index in [4.69, 9.17) is 9.88 Å². The second-order valence-electron chi connectivity index (χ2n) is 4.39. The lowest BCUT2D eigenvalue weighted by Gasteiger charge is -2.15. The molecule has 112 valence electrons. The largest absolute Gasteiger partial charge is 0.484 e. The van der Waals surface area contributed by atoms with Gasteiger partial charge in [0.15, 0.2) is 6.61 Å². The van der Waals surface area contributed by atoms with Crippen molar-refractivity contribution in [1.29, 1.82) is 0 Å². The summed E-state index contributed by atoms with van der Waals surface area (Å²) in [6.07, 6.45) is 1.73. The summed E-state index contributed by atoms with van der Waals surface area (Å²) in [5.41, 5.74) is 0. The van der Waals surface area contributed by atoms with Gasteiger partial charge >= 0.3 is 0 Å². The van der Waals surface area contributed by atoms with Crippen molar-refractivity contribution < 1.29 is 17.9 Å². The van der Waals surface area contributed by atoms with Gasteiger partial charge in [-0.25, -0.2) is 13.6 Å². The molecule has 3 N–H and O–H groups in total. The number of amides is 1. The van der Waals surface area contributed by atoms with Crippen LogP contribution in [0.15, 0.2) is 29.2 Å². The van der Waals surface area contributed by atoms with Crippen LogP contribution < -0.4 is 15.2 Å². The van der Waals surface area contributed by atoms with Crippen LogP contribution in [0.4, 0.5) is 0 Å². The highest BCUT2D eigenvalue weighted by Crippen LogP contribution is 2.14. The first-order valence-electron chi connectivity index (χ1n) is 6.41. The van der Waals surface area contributed by atoms with Crippen LogP contribution in [0.3, 0.4) is 0 Å². The van der Waals surface area contributed by atoms with E-state index in [9.17, 15) is 13.2 Å². The van der Waals surface area contributed by atoms with Crippen molar-refractivity contribution in [2.75, 3.05) is 6.61 Å². The predicted octanol–water partition coefficient (Wildman–Crippen LogP) is 1.02. The maximum Gasteiger partial charge on any atom is 0.258 e. The smallest absolute Gasteiger partial charge is 0.258 e. The molecule has 0 aliphatic carbocycles. The fourth-order valence-electron chi connectivity index (χ4n) is 1.64. The summed E-state index contributed by atoms with van der Waals surface area (Å²) in [6, 6.07) is 5.75. The molecule has 20 heavy (non-hydrogen) atoms. The van der Waals surface area contributed by atoms with Crippen LogP contribution in [0, 0.1) is 0 Å². The Balaban J connectivity index is 2.52. The third kappa shape index (κ3) is 5.18. The van der Waals surface area contributed by atoms with E-state index in [-0.39, 0.29) is 23.5 Å². The average molecular weight is 300 g/mol. The summed E-state index contributed by atoms with van der Waals surface area (Å²) in [4.78, 5) is 11.6. The SMILES string of the molecule is CCC(CC)NC(=O)COc1ccc(S(N)(=O)=O)cc1. The number of nitrogens with two attached hydrogens (primary N) is 1. The average Bonchev–Trinajstić information content (AvgIpc) is 2.42. The Labute approximate surface area is 119 Å². The number of hydrogen-bond acceptors (Lipinski definition) is 4. The lowest BCUT2D eigenvalue weighted by molar-refractivity contribution is -0.123. The van der Waals surface area contributed by atoms with Crippen LogP contribution in [0.1, 0.15) is 26.7 Å². The van der Waals surface area contributed by atoms with Gasteiger partial charge in [-0.05, 0) is 37.1 Å². The zero-order valence-electron chi connectivity index (χ0n) is 11.6. The topological polar surface area (TPSA) is 98.5 Å². The zero-order chi connectivity index (χ0) is 15.2. The number of carbonyl (C=O) groups excluding carboxylic acids is 1. The van der Waals surface area contributed by atoms with E-state index < -0.39 is 10.0 Å². The normalized spacial score (nSPS) is 11.4. The van der Waals surface area contributed by atoms with Gasteiger partial charge in [0.05, 0.1) is 4.90 Å². The van der Waals surface area contributed by atoms with Crippen LogP contribution in [0.25, 0.3) is 0 Å². The molecule has 0 saturated carbocycles. The van der Waals surface area contributed by atoms with E-state index in [2.05, 4.69) is 5.32 Å². The fraction of sp³-hybridized carbons (Fsp3) is 0.462. The lowest BCUT2D eigenvalue weighted by atomic mass is 10.2. The molecule has 1 aromatic carbocycles. The molecule has 0 aliphatic rings. The third-order valence-corrected chi connectivity index (χ3v) is 3.80. The minimum Gasteiger partial charge on any atom is -0.484 e. The van der Waals surface area contributed by atoms with E-state index >= 15 is 0 Å². The Morgan fingerprint density at radius 3 is 2.25 bits per heavy atom. The van der Waals surface area contributed by atoms with Gasteiger partial charge in [-0.2, -0.15) is 0 Å². The molecule has 1 amide bonds. The second-order valence-corrected chi connectivity index (χ2v) is 5.95. The van der Waals surface area contributed by atoms with Crippen molar-refractivity contribution in [1.82, 2.24) is 5.32 Å². The molecule has 0 radical (unpaired) electrons. The summed E-state index contributed by atoms with van der Waals surface area (Å²) < 4.78 is 27.4. The van der Waals surface area contributed by atoms with Crippen LogP contribution in [-0.4, -0.2) is 27.0 Å². The van der Waals surface area contributed by atoms with Crippen LogP contribution >= 0.6 is 0 Å². The summed E-state index contributed by atoms with van der Waals surface area (Å²) in [5, 5.41) is 7.82. The Morgan fingerprint density at radius 2 is 1.80 bits per heavy atom. The van der Waals surface area contributed by atoms with Crippen molar-refractivity contribution in [3.8, 4) is 5.75 Å². The van der Waals surface area contributed by atoms with Gasteiger partial charge in [-0.1, -0.05) is 13.8 Å². The van der Waals surface area contributed by atoms with Crippen molar-refractivity contribution in [2.45, 2.75) is 37.6 Å². The first kappa shape index (κ1) is 16.5. The Bertz CT molecular complexity index is 536. The first-order chi connectivity index (χ1) is 9.36. The molecule has 0 saturated heterocycles. The number of carbonyl (C=O) groups is 1. The number of primary sulfonamides is 1. The number of sulfonamides is 1. The first-order valence-corrected chi connectivity index (χ1v) is 7.96. The van der Waals surface area contributed by atoms with E-state index in [1.165, 1.54) is 24.3 Å². The number of ether oxygens (including phenoxy) is 1. The molecule has 6 nitrogen and oxygen atoms in total. The predicted molar refractivity (Wildman–Crippen MR) is 75.8 cm³/mol. The molecule has 0 fully saturated rings. The zero-order valence-corrected chi connectivity index (χ0v) is 12.4. The minimum atomic E-state index is -3.71. The molecule has 0 aliphatic heterocycles. The monoisotopic (exact) mass is 300 g/mol. The van der Waals surface area contributed by atoms with Gasteiger partial charge in [0.1, 0.15) is 5.75 Å². The summed E-state index contributed by atoms with van der Waals surface area (Å²) in [7, 11) is -3.71. The Morgan fingerprint density at radius 1 is 1.25 bits per heavy atom. The highest BCUT2D eigenvalue weighted by molar-refractivity contribution is 7.89. The molecule has 1 aromatic rings. The molecule has 7 heteroatoms. The van der Waals surface area contributed by atoms with Crippen LogP contribution in [0.2, 0.25) is 0 Å². The molecule has 0 heterocycles. The van der Waals surface area contributed by atoms with Gasteiger partial charge in [0, 0.05) is 6.04 Å². The van der Waals surface area contributed by atoms with Crippen molar-refractivity contribution in [2.24, 2.45) is 5.14 Å². The molecule has 0 unspecified atom stereocenters. The molecular formula is C13H20N2O4S. The van der Waals surface area contributed by atoms with E-state index in [1.807, 2.05) is 13.8 Å². The maximum atomic E-state index is 11.6. The molecule has 0 aromatic heterocycles. The number of hydrogen-bond donors (Lipinski definition) is 2. The molecule has 1 rings (SSSR count). The molecule has 0 spiro atoms. The summed E-state index contributed by atoms with van der Waals surface area (Å²) >= 11 is 0.